The van der Waals surface area contributed by atoms with Gasteiger partial charge in [-0.05, 0) is 6.07 Å². The van der Waals surface area contributed by atoms with Gasteiger partial charge in [-0.1, -0.05) is 0 Å². The van der Waals surface area contributed by atoms with Crippen molar-refractivity contribution in [3.05, 3.63) is 22.7 Å². The van der Waals surface area contributed by atoms with Crippen molar-refractivity contribution in [1.82, 2.24) is 4.98 Å². The van der Waals surface area contributed by atoms with Gasteiger partial charge in [0.15, 0.2) is 5.58 Å². The Balaban J connectivity index is 2.80. The lowest BCUT2D eigenvalue weighted by atomic mass is 10.2. The molecule has 5 heteroatoms. The summed E-state index contributed by atoms with van der Waals surface area (Å²) >= 11 is 0. The molecule has 0 atom stereocenters. The number of hydrogen-bond acceptors (Lipinski definition) is 4. The van der Waals surface area contributed by atoms with Crippen LogP contribution >= 0.6 is 0 Å². The van der Waals surface area contributed by atoms with E-state index in [1.165, 1.54) is 7.11 Å². The van der Waals surface area contributed by atoms with E-state index in [9.17, 15) is 4.79 Å². The highest BCUT2D eigenvalue weighted by molar-refractivity contribution is 5.80. The Labute approximate surface area is 73.1 Å². The minimum atomic E-state index is -0.498. The zero-order valence-electron chi connectivity index (χ0n) is 6.96. The molecule has 0 amide bonds. The van der Waals surface area contributed by atoms with Crippen molar-refractivity contribution in [2.45, 2.75) is 0 Å². The monoisotopic (exact) mass is 180 g/mol. The maximum absolute atomic E-state index is 10.8. The molecule has 0 aliphatic heterocycles. The second-order valence-electron chi connectivity index (χ2n) is 2.60. The number of nitrogen functional groups attached to an aromatic ring is 1. The molecule has 0 saturated carbocycles. The molecule has 0 bridgehead atoms. The number of anilines is 1. The largest absolute Gasteiger partial charge is 0.494 e. The maximum Gasteiger partial charge on any atom is 0.417 e. The molecule has 13 heavy (non-hydrogen) atoms. The molecule has 0 unspecified atom stereocenters. The zero-order chi connectivity index (χ0) is 9.42. The van der Waals surface area contributed by atoms with Gasteiger partial charge in [-0.3, -0.25) is 4.98 Å². The molecule has 2 aromatic rings. The van der Waals surface area contributed by atoms with Gasteiger partial charge >= 0.3 is 5.76 Å². The van der Waals surface area contributed by atoms with Crippen molar-refractivity contribution in [1.29, 1.82) is 0 Å². The molecule has 5 nitrogen and oxygen atoms in total. The number of benzene rings is 1. The van der Waals surface area contributed by atoms with E-state index in [4.69, 9.17) is 14.9 Å². The third kappa shape index (κ3) is 1.14. The fourth-order valence-electron chi connectivity index (χ4n) is 1.17. The molecule has 0 fully saturated rings. The molecule has 3 N–H and O–H groups in total. The summed E-state index contributed by atoms with van der Waals surface area (Å²) in [5.74, 6) is -0.00194. The Bertz CT molecular complexity index is 498. The van der Waals surface area contributed by atoms with Crippen LogP contribution in [-0.2, 0) is 0 Å². The number of hydrogen-bond donors (Lipinski definition) is 2. The van der Waals surface area contributed by atoms with Crippen molar-refractivity contribution >= 4 is 16.8 Å². The average molecular weight is 180 g/mol. The average Bonchev–Trinajstić information content (AvgIpc) is 2.42. The van der Waals surface area contributed by atoms with E-state index in [1.807, 2.05) is 0 Å². The zero-order valence-corrected chi connectivity index (χ0v) is 6.96. The van der Waals surface area contributed by atoms with E-state index in [2.05, 4.69) is 4.98 Å². The summed E-state index contributed by atoms with van der Waals surface area (Å²) in [7, 11) is 1.50. The second-order valence-corrected chi connectivity index (χ2v) is 2.60. The molecule has 0 spiro atoms. The summed E-state index contributed by atoms with van der Waals surface area (Å²) in [6.45, 7) is 0. The Morgan fingerprint density at radius 3 is 3.00 bits per heavy atom. The smallest absolute Gasteiger partial charge is 0.417 e. The van der Waals surface area contributed by atoms with Crippen LogP contribution < -0.4 is 16.2 Å². The summed E-state index contributed by atoms with van der Waals surface area (Å²) in [6.07, 6.45) is 0. The third-order valence-corrected chi connectivity index (χ3v) is 1.77. The fraction of sp³-hybridized carbons (Fsp3) is 0.125. The van der Waals surface area contributed by atoms with Gasteiger partial charge in [-0.25, -0.2) is 4.79 Å². The summed E-state index contributed by atoms with van der Waals surface area (Å²) in [4.78, 5) is 13.3. The first-order chi connectivity index (χ1) is 6.20. The van der Waals surface area contributed by atoms with E-state index < -0.39 is 5.76 Å². The van der Waals surface area contributed by atoms with Gasteiger partial charge in [-0.2, -0.15) is 0 Å². The number of methoxy groups -OCH3 is 1. The first-order valence-electron chi connectivity index (χ1n) is 3.67. The molecular weight excluding hydrogens is 172 g/mol. The second kappa shape index (κ2) is 2.55. The number of nitrogens with one attached hydrogen (secondary N) is 1. The van der Waals surface area contributed by atoms with Crippen molar-refractivity contribution in [3.8, 4) is 5.75 Å². The maximum atomic E-state index is 10.8. The Morgan fingerprint density at radius 1 is 1.54 bits per heavy atom. The Hall–Kier alpha value is -1.91. The minimum absolute atomic E-state index is 0.441. The van der Waals surface area contributed by atoms with Gasteiger partial charge in [0.25, 0.3) is 0 Å². The topological polar surface area (TPSA) is 81.2 Å². The summed E-state index contributed by atoms with van der Waals surface area (Å²) in [6, 6.07) is 3.17. The van der Waals surface area contributed by atoms with Crippen LogP contribution in [-0.4, -0.2) is 12.1 Å². The molecule has 1 aromatic heterocycles. The lowest BCUT2D eigenvalue weighted by Gasteiger charge is -2.01. The number of rotatable bonds is 1. The molecular formula is C8H8N2O3. The molecule has 0 aliphatic rings. The molecule has 2 rings (SSSR count). The van der Waals surface area contributed by atoms with Gasteiger partial charge in [0.1, 0.15) is 5.75 Å². The molecule has 0 radical (unpaired) electrons. The van der Waals surface area contributed by atoms with Crippen LogP contribution in [0.2, 0.25) is 0 Å². The van der Waals surface area contributed by atoms with Gasteiger partial charge in [0.05, 0.1) is 18.3 Å². The number of nitrogens with two attached hydrogens (primary N) is 1. The van der Waals surface area contributed by atoms with Crippen LogP contribution in [0.25, 0.3) is 11.1 Å². The van der Waals surface area contributed by atoms with E-state index in [0.29, 0.717) is 22.5 Å². The number of aromatic nitrogens is 1. The highest BCUT2D eigenvalue weighted by atomic mass is 16.5. The number of H-pyrrole nitrogens is 1. The van der Waals surface area contributed by atoms with Crippen LogP contribution in [0, 0.1) is 0 Å². The van der Waals surface area contributed by atoms with Gasteiger partial charge in [-0.15, -0.1) is 0 Å². The number of aromatic amines is 1. The molecule has 1 heterocycles. The summed E-state index contributed by atoms with van der Waals surface area (Å²) in [5.41, 5.74) is 7.10. The van der Waals surface area contributed by atoms with E-state index in [1.54, 1.807) is 12.1 Å². The van der Waals surface area contributed by atoms with Crippen molar-refractivity contribution in [2.24, 2.45) is 0 Å². The number of ether oxygens (including phenoxy) is 1. The van der Waals surface area contributed by atoms with E-state index >= 15 is 0 Å². The molecule has 1 aromatic carbocycles. The van der Waals surface area contributed by atoms with Crippen molar-refractivity contribution in [3.63, 3.8) is 0 Å². The minimum Gasteiger partial charge on any atom is -0.494 e. The molecule has 0 aliphatic carbocycles. The van der Waals surface area contributed by atoms with Crippen LogP contribution in [0.15, 0.2) is 21.3 Å². The van der Waals surface area contributed by atoms with Crippen molar-refractivity contribution in [2.75, 3.05) is 12.8 Å². The number of fused-ring (bicyclic) bond motifs is 1. The van der Waals surface area contributed by atoms with Gasteiger partial charge in [0, 0.05) is 6.07 Å². The van der Waals surface area contributed by atoms with E-state index in [0.717, 1.165) is 0 Å². The lowest BCUT2D eigenvalue weighted by molar-refractivity contribution is 0.416. The SMILES string of the molecule is COc1cc2oc(=O)[nH]c2cc1N. The quantitative estimate of drug-likeness (QED) is 0.633. The third-order valence-electron chi connectivity index (χ3n) is 1.77. The highest BCUT2D eigenvalue weighted by Gasteiger charge is 2.05. The van der Waals surface area contributed by atoms with Crippen LogP contribution in [0.3, 0.4) is 0 Å². The first-order valence-corrected chi connectivity index (χ1v) is 3.67. The first kappa shape index (κ1) is 7.72. The van der Waals surface area contributed by atoms with Crippen molar-refractivity contribution < 1.29 is 9.15 Å². The van der Waals surface area contributed by atoms with Crippen LogP contribution in [0.5, 0.6) is 5.75 Å². The van der Waals surface area contributed by atoms with Gasteiger partial charge < -0.3 is 14.9 Å². The van der Waals surface area contributed by atoms with Crippen LogP contribution in [0.1, 0.15) is 0 Å². The van der Waals surface area contributed by atoms with E-state index in [-0.39, 0.29) is 0 Å². The predicted molar refractivity (Wildman–Crippen MR) is 47.8 cm³/mol. The highest BCUT2D eigenvalue weighted by Crippen LogP contribution is 2.25. The summed E-state index contributed by atoms with van der Waals surface area (Å²) in [5, 5.41) is 0. The predicted octanol–water partition coefficient (Wildman–Crippen LogP) is 0.712. The summed E-state index contributed by atoms with van der Waals surface area (Å²) < 4.78 is 9.78. The lowest BCUT2D eigenvalue weighted by Crippen LogP contribution is -1.93. The molecule has 68 valence electrons. The Kier molecular flexibility index (Phi) is 1.51. The van der Waals surface area contributed by atoms with Gasteiger partial charge in [0.2, 0.25) is 0 Å². The molecule has 0 saturated heterocycles. The fourth-order valence-corrected chi connectivity index (χ4v) is 1.17. The van der Waals surface area contributed by atoms with Crippen LogP contribution in [0.4, 0.5) is 5.69 Å². The number of oxazole rings is 1. The normalized spacial score (nSPS) is 10.5. The Morgan fingerprint density at radius 2 is 2.31 bits per heavy atom. The standard InChI is InChI=1S/C8H8N2O3/c1-12-6-3-7-5(2-4(6)9)10-8(11)13-7/h2-3H,9H2,1H3,(H,10,11).